The summed E-state index contributed by atoms with van der Waals surface area (Å²) in [4.78, 5) is 41.9. The minimum atomic E-state index is -0.857. The van der Waals surface area contributed by atoms with Gasteiger partial charge in [-0.1, -0.05) is 63.1 Å². The number of likely N-dealkylation sites (tertiary alicyclic amines) is 1. The topological polar surface area (TPSA) is 98.7 Å². The Morgan fingerprint density at radius 3 is 2.45 bits per heavy atom. The molecule has 6 atom stereocenters. The Hall–Kier alpha value is -2.38. The van der Waals surface area contributed by atoms with E-state index in [-0.39, 0.29) is 36.2 Å². The molecule has 1 saturated heterocycles. The lowest BCUT2D eigenvalue weighted by atomic mass is 9.68. The third-order valence-corrected chi connectivity index (χ3v) is 7.26. The SMILES string of the molecule is CCC[C@@H]1C=C[C@H]2[C@@H](C(=O)N([C@@H](CO)C(C)C)[C@@H]2C(=O)Nc2ccccc2Cl)[C@@H]1C(=O)NC. The summed E-state index contributed by atoms with van der Waals surface area (Å²) >= 11 is 6.25. The molecule has 0 bridgehead atoms. The van der Waals surface area contributed by atoms with Gasteiger partial charge in [-0.15, -0.1) is 0 Å². The number of carbonyl (C=O) groups excluding carboxylic acids is 3. The van der Waals surface area contributed by atoms with Crippen LogP contribution in [-0.4, -0.2) is 53.5 Å². The van der Waals surface area contributed by atoms with Gasteiger partial charge in [0.25, 0.3) is 0 Å². The van der Waals surface area contributed by atoms with Gasteiger partial charge in [0.15, 0.2) is 0 Å². The maximum absolute atomic E-state index is 13.9. The van der Waals surface area contributed by atoms with Crippen LogP contribution in [-0.2, 0) is 14.4 Å². The minimum Gasteiger partial charge on any atom is -0.394 e. The predicted molar refractivity (Wildman–Crippen MR) is 129 cm³/mol. The highest BCUT2D eigenvalue weighted by Gasteiger charge is 2.58. The van der Waals surface area contributed by atoms with Crippen LogP contribution in [0.2, 0.25) is 5.02 Å². The zero-order valence-corrected chi connectivity index (χ0v) is 20.4. The third-order valence-electron chi connectivity index (χ3n) is 6.93. The number of para-hydroxylation sites is 1. The summed E-state index contributed by atoms with van der Waals surface area (Å²) in [7, 11) is 1.57. The molecule has 1 fully saturated rings. The van der Waals surface area contributed by atoms with Crippen molar-refractivity contribution < 1.29 is 19.5 Å². The Bertz CT molecular complexity index is 919. The van der Waals surface area contributed by atoms with E-state index in [2.05, 4.69) is 10.6 Å². The van der Waals surface area contributed by atoms with Crippen LogP contribution in [0.4, 0.5) is 5.69 Å². The van der Waals surface area contributed by atoms with Gasteiger partial charge in [0.2, 0.25) is 17.7 Å². The molecule has 2 aliphatic rings. The lowest BCUT2D eigenvalue weighted by Crippen LogP contribution is -2.52. The van der Waals surface area contributed by atoms with Crippen molar-refractivity contribution in [3.63, 3.8) is 0 Å². The number of carbonyl (C=O) groups is 3. The lowest BCUT2D eigenvalue weighted by Gasteiger charge is -2.35. The van der Waals surface area contributed by atoms with Crippen LogP contribution in [0.3, 0.4) is 0 Å². The van der Waals surface area contributed by atoms with E-state index in [1.54, 1.807) is 31.3 Å². The van der Waals surface area contributed by atoms with E-state index in [4.69, 9.17) is 11.6 Å². The van der Waals surface area contributed by atoms with Gasteiger partial charge < -0.3 is 20.6 Å². The van der Waals surface area contributed by atoms with Crippen molar-refractivity contribution >= 4 is 35.0 Å². The fourth-order valence-electron chi connectivity index (χ4n) is 5.32. The van der Waals surface area contributed by atoms with Gasteiger partial charge in [0.1, 0.15) is 6.04 Å². The van der Waals surface area contributed by atoms with E-state index < -0.39 is 29.8 Å². The molecule has 7 nitrogen and oxygen atoms in total. The number of aliphatic hydroxyl groups excluding tert-OH is 1. The highest BCUT2D eigenvalue weighted by molar-refractivity contribution is 6.33. The number of aliphatic hydroxyl groups is 1. The molecule has 0 spiro atoms. The van der Waals surface area contributed by atoms with Crippen molar-refractivity contribution in [1.29, 1.82) is 0 Å². The van der Waals surface area contributed by atoms with Gasteiger partial charge in [-0.2, -0.15) is 0 Å². The van der Waals surface area contributed by atoms with Crippen LogP contribution in [0.1, 0.15) is 33.6 Å². The van der Waals surface area contributed by atoms with Crippen LogP contribution in [0.15, 0.2) is 36.4 Å². The largest absolute Gasteiger partial charge is 0.394 e. The first-order valence-electron chi connectivity index (χ1n) is 11.6. The normalized spacial score (nSPS) is 27.4. The van der Waals surface area contributed by atoms with E-state index >= 15 is 0 Å². The van der Waals surface area contributed by atoms with Crippen LogP contribution in [0.25, 0.3) is 0 Å². The fraction of sp³-hybridized carbons (Fsp3) is 0.560. The van der Waals surface area contributed by atoms with Crippen molar-refractivity contribution in [1.82, 2.24) is 10.2 Å². The molecule has 0 aromatic heterocycles. The van der Waals surface area contributed by atoms with E-state index in [1.165, 1.54) is 4.90 Å². The number of allylic oxidation sites excluding steroid dienone is 1. The molecule has 0 unspecified atom stereocenters. The lowest BCUT2D eigenvalue weighted by molar-refractivity contribution is -0.143. The second kappa shape index (κ2) is 10.7. The number of rotatable bonds is 8. The van der Waals surface area contributed by atoms with E-state index in [0.717, 1.165) is 12.8 Å². The number of nitrogens with one attached hydrogen (secondary N) is 2. The van der Waals surface area contributed by atoms with E-state index in [1.807, 2.05) is 32.9 Å². The monoisotopic (exact) mass is 475 g/mol. The summed E-state index contributed by atoms with van der Waals surface area (Å²) in [5.74, 6) is -2.71. The first-order valence-corrected chi connectivity index (χ1v) is 12.0. The smallest absolute Gasteiger partial charge is 0.247 e. The van der Waals surface area contributed by atoms with Crippen LogP contribution < -0.4 is 10.6 Å². The second-order valence-corrected chi connectivity index (χ2v) is 9.64. The van der Waals surface area contributed by atoms with Gasteiger partial charge in [0, 0.05) is 13.0 Å². The van der Waals surface area contributed by atoms with Gasteiger partial charge in [-0.05, 0) is 30.4 Å². The van der Waals surface area contributed by atoms with Gasteiger partial charge in [-0.25, -0.2) is 0 Å². The van der Waals surface area contributed by atoms with Gasteiger partial charge >= 0.3 is 0 Å². The number of hydrogen-bond donors (Lipinski definition) is 3. The van der Waals surface area contributed by atoms with Crippen molar-refractivity contribution in [2.75, 3.05) is 19.0 Å². The summed E-state index contributed by atoms with van der Waals surface area (Å²) in [6, 6.07) is 5.51. The molecule has 1 aromatic carbocycles. The van der Waals surface area contributed by atoms with E-state index in [0.29, 0.717) is 10.7 Å². The Morgan fingerprint density at radius 1 is 1.18 bits per heavy atom. The Kier molecular flexibility index (Phi) is 8.19. The molecule has 1 aromatic rings. The minimum absolute atomic E-state index is 0.0800. The summed E-state index contributed by atoms with van der Waals surface area (Å²) in [6.45, 7) is 5.59. The average Bonchev–Trinajstić information content (AvgIpc) is 3.07. The molecular formula is C25H34ClN3O4. The van der Waals surface area contributed by atoms with Crippen LogP contribution in [0, 0.1) is 29.6 Å². The number of anilines is 1. The molecule has 3 rings (SSSR count). The quantitative estimate of drug-likeness (QED) is 0.503. The molecule has 1 aliphatic carbocycles. The Labute approximate surface area is 200 Å². The average molecular weight is 476 g/mol. The molecule has 1 heterocycles. The number of hydrogen-bond acceptors (Lipinski definition) is 4. The van der Waals surface area contributed by atoms with Crippen molar-refractivity contribution in [2.24, 2.45) is 29.6 Å². The van der Waals surface area contributed by atoms with Crippen molar-refractivity contribution in [3.05, 3.63) is 41.4 Å². The summed E-state index contributed by atoms with van der Waals surface area (Å²) in [6.07, 6.45) is 5.56. The highest BCUT2D eigenvalue weighted by Crippen LogP contribution is 2.46. The summed E-state index contributed by atoms with van der Waals surface area (Å²) in [5, 5.41) is 16.1. The van der Waals surface area contributed by atoms with Crippen LogP contribution in [0.5, 0.6) is 0 Å². The first kappa shape index (κ1) is 25.2. The molecule has 8 heteroatoms. The zero-order valence-electron chi connectivity index (χ0n) is 19.6. The number of fused-ring (bicyclic) bond motifs is 1. The van der Waals surface area contributed by atoms with Crippen molar-refractivity contribution in [2.45, 2.75) is 45.7 Å². The number of nitrogens with zero attached hydrogens (tertiary/aromatic N) is 1. The van der Waals surface area contributed by atoms with Crippen LogP contribution >= 0.6 is 11.6 Å². The fourth-order valence-corrected chi connectivity index (χ4v) is 5.51. The molecular weight excluding hydrogens is 442 g/mol. The van der Waals surface area contributed by atoms with Crippen molar-refractivity contribution in [3.8, 4) is 0 Å². The standard InChI is InChI=1S/C25H34ClN3O4/c1-5-8-15-11-12-16-21(20(15)23(31)27-4)25(33)29(19(13-30)14(2)3)22(16)24(32)28-18-10-7-6-9-17(18)26/h6-7,9-12,14-16,19-22,30H,5,8,13H2,1-4H3,(H,27,31)(H,28,32)/t15-,16+,19+,20-,21-,22+/m1/s1. The molecule has 0 saturated carbocycles. The van der Waals surface area contributed by atoms with Gasteiger partial charge in [-0.3, -0.25) is 14.4 Å². The number of benzene rings is 1. The molecule has 33 heavy (non-hydrogen) atoms. The maximum atomic E-state index is 13.9. The number of halogens is 1. The Morgan fingerprint density at radius 2 is 1.88 bits per heavy atom. The predicted octanol–water partition coefficient (Wildman–Crippen LogP) is 3.09. The molecule has 180 valence electrons. The zero-order chi connectivity index (χ0) is 24.3. The van der Waals surface area contributed by atoms with E-state index in [9.17, 15) is 19.5 Å². The number of amides is 3. The summed E-state index contributed by atoms with van der Waals surface area (Å²) in [5.41, 5.74) is 0.455. The molecule has 1 aliphatic heterocycles. The molecule has 0 radical (unpaired) electrons. The summed E-state index contributed by atoms with van der Waals surface area (Å²) < 4.78 is 0. The first-order chi connectivity index (χ1) is 15.8. The van der Waals surface area contributed by atoms with Gasteiger partial charge in [0.05, 0.1) is 35.2 Å². The molecule has 3 amide bonds. The maximum Gasteiger partial charge on any atom is 0.247 e. The second-order valence-electron chi connectivity index (χ2n) is 9.23. The molecule has 3 N–H and O–H groups in total. The third kappa shape index (κ3) is 4.80. The Balaban J connectivity index is 2.07. The highest BCUT2D eigenvalue weighted by atomic mass is 35.5.